The molecular formula is C16H8Cl2O2. The van der Waals surface area contributed by atoms with Gasteiger partial charge in [-0.3, -0.25) is 9.59 Å². The van der Waals surface area contributed by atoms with Crippen LogP contribution in [0, 0.1) is 0 Å². The minimum absolute atomic E-state index is 0.179. The molecule has 0 radical (unpaired) electrons. The Hall–Kier alpha value is -1.90. The molecule has 0 amide bonds. The van der Waals surface area contributed by atoms with Gasteiger partial charge in [0, 0.05) is 16.7 Å². The van der Waals surface area contributed by atoms with Gasteiger partial charge in [-0.2, -0.15) is 0 Å². The third kappa shape index (κ3) is 2.07. The van der Waals surface area contributed by atoms with Gasteiger partial charge in [-0.1, -0.05) is 53.5 Å². The first-order valence-electron chi connectivity index (χ1n) is 5.93. The van der Waals surface area contributed by atoms with Crippen LogP contribution >= 0.6 is 23.2 Å². The van der Waals surface area contributed by atoms with Crippen molar-refractivity contribution in [1.82, 2.24) is 0 Å². The van der Waals surface area contributed by atoms with Crippen molar-refractivity contribution in [3.05, 3.63) is 75.3 Å². The van der Waals surface area contributed by atoms with Crippen molar-refractivity contribution in [3.63, 3.8) is 0 Å². The molecule has 0 spiro atoms. The van der Waals surface area contributed by atoms with Crippen molar-refractivity contribution in [1.29, 1.82) is 0 Å². The highest BCUT2D eigenvalue weighted by atomic mass is 35.5. The number of fused-ring (bicyclic) bond motifs is 1. The van der Waals surface area contributed by atoms with Crippen LogP contribution < -0.4 is 0 Å². The summed E-state index contributed by atoms with van der Waals surface area (Å²) in [5.74, 6) is -0.361. The summed E-state index contributed by atoms with van der Waals surface area (Å²) in [7, 11) is 0. The van der Waals surface area contributed by atoms with Crippen molar-refractivity contribution >= 4 is 40.3 Å². The molecule has 3 rings (SSSR count). The topological polar surface area (TPSA) is 34.1 Å². The SMILES string of the molecule is O=C1C=C(c2ccc(Cl)c(Cl)c2)C(=O)c2ccccc21. The lowest BCUT2D eigenvalue weighted by Gasteiger charge is -2.15. The highest BCUT2D eigenvalue weighted by Crippen LogP contribution is 2.31. The summed E-state index contributed by atoms with van der Waals surface area (Å²) in [6.07, 6.45) is 1.35. The Morgan fingerprint density at radius 1 is 0.800 bits per heavy atom. The molecular weight excluding hydrogens is 295 g/mol. The molecule has 0 fully saturated rings. The molecule has 2 aromatic rings. The number of hydrogen-bond donors (Lipinski definition) is 0. The summed E-state index contributed by atoms with van der Waals surface area (Å²) < 4.78 is 0. The fourth-order valence-electron chi connectivity index (χ4n) is 2.19. The van der Waals surface area contributed by atoms with Crippen LogP contribution in [-0.4, -0.2) is 11.6 Å². The van der Waals surface area contributed by atoms with Crippen LogP contribution in [0.25, 0.3) is 5.57 Å². The van der Waals surface area contributed by atoms with E-state index >= 15 is 0 Å². The summed E-state index contributed by atoms with van der Waals surface area (Å²) in [6, 6.07) is 11.7. The lowest BCUT2D eigenvalue weighted by Crippen LogP contribution is -2.15. The Morgan fingerprint density at radius 3 is 2.20 bits per heavy atom. The Bertz CT molecular complexity index is 776. The van der Waals surface area contributed by atoms with E-state index in [0.717, 1.165) is 0 Å². The number of carbonyl (C=O) groups is 2. The van der Waals surface area contributed by atoms with Crippen LogP contribution in [-0.2, 0) is 0 Å². The monoisotopic (exact) mass is 302 g/mol. The minimum atomic E-state index is -0.182. The number of carbonyl (C=O) groups excluding carboxylic acids is 2. The molecule has 1 aliphatic carbocycles. The summed E-state index contributed by atoms with van der Waals surface area (Å²) in [5, 5.41) is 0.759. The van der Waals surface area contributed by atoms with Crippen molar-refractivity contribution in [2.75, 3.05) is 0 Å². The Morgan fingerprint density at radius 2 is 1.50 bits per heavy atom. The predicted molar refractivity (Wildman–Crippen MR) is 79.5 cm³/mol. The number of halogens is 2. The summed E-state index contributed by atoms with van der Waals surface area (Å²) in [6.45, 7) is 0. The van der Waals surface area contributed by atoms with Gasteiger partial charge in [0.15, 0.2) is 11.6 Å². The molecule has 20 heavy (non-hydrogen) atoms. The third-order valence-corrected chi connectivity index (χ3v) is 3.93. The maximum absolute atomic E-state index is 12.5. The molecule has 4 heteroatoms. The van der Waals surface area contributed by atoms with Gasteiger partial charge in [-0.15, -0.1) is 0 Å². The number of hydrogen-bond acceptors (Lipinski definition) is 2. The quantitative estimate of drug-likeness (QED) is 0.779. The van der Waals surface area contributed by atoms with Crippen molar-refractivity contribution in [2.45, 2.75) is 0 Å². The third-order valence-electron chi connectivity index (χ3n) is 3.19. The largest absolute Gasteiger partial charge is 0.289 e. The first-order chi connectivity index (χ1) is 9.58. The van der Waals surface area contributed by atoms with E-state index < -0.39 is 0 Å². The number of allylic oxidation sites excluding steroid dienone is 2. The Balaban J connectivity index is 2.14. The first-order valence-corrected chi connectivity index (χ1v) is 6.68. The van der Waals surface area contributed by atoms with Crippen LogP contribution in [0.2, 0.25) is 10.0 Å². The number of rotatable bonds is 1. The second-order valence-corrected chi connectivity index (χ2v) is 5.24. The first kappa shape index (κ1) is 13.1. The zero-order chi connectivity index (χ0) is 14.3. The summed E-state index contributed by atoms with van der Waals surface area (Å²) in [4.78, 5) is 24.5. The van der Waals surface area contributed by atoms with Crippen molar-refractivity contribution in [3.8, 4) is 0 Å². The summed E-state index contributed by atoms with van der Waals surface area (Å²) in [5.41, 5.74) is 1.78. The smallest absolute Gasteiger partial charge is 0.194 e. The van der Waals surface area contributed by atoms with Crippen LogP contribution in [0.4, 0.5) is 0 Å². The van der Waals surface area contributed by atoms with E-state index in [1.807, 2.05) is 0 Å². The minimum Gasteiger partial charge on any atom is -0.289 e. The maximum Gasteiger partial charge on any atom is 0.194 e. The highest BCUT2D eigenvalue weighted by Gasteiger charge is 2.26. The van der Waals surface area contributed by atoms with Gasteiger partial charge in [-0.25, -0.2) is 0 Å². The van der Waals surface area contributed by atoms with Gasteiger partial charge in [0.1, 0.15) is 0 Å². The fraction of sp³-hybridized carbons (Fsp3) is 0. The molecule has 0 bridgehead atoms. The predicted octanol–water partition coefficient (Wildman–Crippen LogP) is 4.46. The molecule has 0 aromatic heterocycles. The van der Waals surface area contributed by atoms with Gasteiger partial charge in [0.25, 0.3) is 0 Å². The van der Waals surface area contributed by atoms with E-state index in [1.165, 1.54) is 6.08 Å². The Kier molecular flexibility index (Phi) is 3.20. The lowest BCUT2D eigenvalue weighted by atomic mass is 9.86. The van der Waals surface area contributed by atoms with Crippen molar-refractivity contribution < 1.29 is 9.59 Å². The standard InChI is InChI=1S/C16H8Cl2O2/c17-13-6-5-9(7-14(13)18)12-8-15(19)10-3-1-2-4-11(10)16(12)20/h1-8H. The van der Waals surface area contributed by atoms with E-state index in [1.54, 1.807) is 42.5 Å². The summed E-state index contributed by atoms with van der Waals surface area (Å²) >= 11 is 11.8. The van der Waals surface area contributed by atoms with Crippen LogP contribution in [0.1, 0.15) is 26.3 Å². The van der Waals surface area contributed by atoms with Crippen LogP contribution in [0.3, 0.4) is 0 Å². The molecule has 0 saturated heterocycles. The van der Waals surface area contributed by atoms with Crippen LogP contribution in [0.15, 0.2) is 48.5 Å². The second-order valence-electron chi connectivity index (χ2n) is 4.43. The average molecular weight is 303 g/mol. The molecule has 2 aromatic carbocycles. The van der Waals surface area contributed by atoms with E-state index in [2.05, 4.69) is 0 Å². The normalized spacial score (nSPS) is 14.0. The van der Waals surface area contributed by atoms with Crippen molar-refractivity contribution in [2.24, 2.45) is 0 Å². The molecule has 1 aliphatic rings. The van der Waals surface area contributed by atoms with Gasteiger partial charge in [0.2, 0.25) is 0 Å². The molecule has 0 atom stereocenters. The molecule has 0 saturated carbocycles. The van der Waals surface area contributed by atoms with Crippen LogP contribution in [0.5, 0.6) is 0 Å². The number of benzene rings is 2. The van der Waals surface area contributed by atoms with E-state index in [9.17, 15) is 9.59 Å². The molecule has 0 heterocycles. The zero-order valence-corrected chi connectivity index (χ0v) is 11.7. The highest BCUT2D eigenvalue weighted by molar-refractivity contribution is 6.43. The van der Waals surface area contributed by atoms with E-state index in [-0.39, 0.29) is 11.6 Å². The molecule has 0 aliphatic heterocycles. The van der Waals surface area contributed by atoms with Gasteiger partial charge in [-0.05, 0) is 23.8 Å². The average Bonchev–Trinajstić information content (AvgIpc) is 2.46. The second kappa shape index (κ2) is 4.89. The number of Topliss-reactive ketones (excluding diaryl/α,β-unsaturated/α-hetero) is 1. The fourth-order valence-corrected chi connectivity index (χ4v) is 2.49. The van der Waals surface area contributed by atoms with Gasteiger partial charge in [0.05, 0.1) is 10.0 Å². The van der Waals surface area contributed by atoms with E-state index in [0.29, 0.717) is 32.3 Å². The van der Waals surface area contributed by atoms with E-state index in [4.69, 9.17) is 23.2 Å². The molecule has 2 nitrogen and oxygen atoms in total. The molecule has 0 unspecified atom stereocenters. The number of ketones is 2. The maximum atomic E-state index is 12.5. The molecule has 0 N–H and O–H groups in total. The molecule has 98 valence electrons. The Labute approximate surface area is 125 Å². The van der Waals surface area contributed by atoms with Gasteiger partial charge >= 0.3 is 0 Å². The zero-order valence-electron chi connectivity index (χ0n) is 10.2. The lowest BCUT2D eigenvalue weighted by molar-refractivity contribution is 0.100. The van der Waals surface area contributed by atoms with Gasteiger partial charge < -0.3 is 0 Å².